The summed E-state index contributed by atoms with van der Waals surface area (Å²) in [5.41, 5.74) is 0.725. The second-order valence-electron chi connectivity index (χ2n) is 4.19. The molecule has 2 aromatic carbocycles. The quantitative estimate of drug-likeness (QED) is 0.796. The van der Waals surface area contributed by atoms with Gasteiger partial charge in [-0.2, -0.15) is 0 Å². The van der Waals surface area contributed by atoms with Gasteiger partial charge in [0.1, 0.15) is 17.2 Å². The maximum Gasteiger partial charge on any atom is 0.255 e. The molecule has 104 valence electrons. The molecular formula is C15H15NO4. The van der Waals surface area contributed by atoms with Gasteiger partial charge in [-0.15, -0.1) is 0 Å². The van der Waals surface area contributed by atoms with Crippen LogP contribution in [-0.2, 0) is 6.54 Å². The number of carbonyl (C=O) groups is 1. The Morgan fingerprint density at radius 1 is 1.15 bits per heavy atom. The Balaban J connectivity index is 2.11. The molecule has 5 nitrogen and oxygen atoms in total. The number of carbonyl (C=O) groups excluding carboxylic acids is 1. The molecule has 0 saturated heterocycles. The molecule has 0 aliphatic carbocycles. The first kappa shape index (κ1) is 13.7. The van der Waals surface area contributed by atoms with E-state index in [1.807, 2.05) is 0 Å². The van der Waals surface area contributed by atoms with Crippen LogP contribution in [0.25, 0.3) is 0 Å². The molecule has 0 bridgehead atoms. The van der Waals surface area contributed by atoms with Crippen LogP contribution >= 0.6 is 0 Å². The highest BCUT2D eigenvalue weighted by atomic mass is 16.5. The third-order valence-corrected chi connectivity index (χ3v) is 2.88. The van der Waals surface area contributed by atoms with E-state index in [1.54, 1.807) is 30.3 Å². The zero-order valence-electron chi connectivity index (χ0n) is 11.0. The lowest BCUT2D eigenvalue weighted by Gasteiger charge is -2.09. The molecule has 2 aromatic rings. The fraction of sp³-hybridized carbons (Fsp3) is 0.133. The van der Waals surface area contributed by atoms with Gasteiger partial charge in [0.25, 0.3) is 5.91 Å². The number of methoxy groups -OCH3 is 1. The minimum Gasteiger partial charge on any atom is -0.508 e. The van der Waals surface area contributed by atoms with Crippen molar-refractivity contribution in [3.8, 4) is 17.2 Å². The van der Waals surface area contributed by atoms with E-state index in [4.69, 9.17) is 4.74 Å². The summed E-state index contributed by atoms with van der Waals surface area (Å²) in [6.07, 6.45) is 0. The summed E-state index contributed by atoms with van der Waals surface area (Å²) in [6.45, 7) is 0.169. The van der Waals surface area contributed by atoms with Crippen LogP contribution in [0.5, 0.6) is 17.2 Å². The molecule has 1 amide bonds. The van der Waals surface area contributed by atoms with E-state index < -0.39 is 5.91 Å². The Morgan fingerprint density at radius 2 is 1.90 bits per heavy atom. The molecule has 0 spiro atoms. The number of phenolic OH excluding ortho intramolecular Hbond substituents is 2. The average molecular weight is 273 g/mol. The molecule has 0 aliphatic rings. The Hall–Kier alpha value is -2.69. The number of aromatic hydroxyl groups is 2. The van der Waals surface area contributed by atoms with Crippen molar-refractivity contribution in [1.82, 2.24) is 5.32 Å². The van der Waals surface area contributed by atoms with E-state index in [0.717, 1.165) is 0 Å². The molecule has 20 heavy (non-hydrogen) atoms. The van der Waals surface area contributed by atoms with Gasteiger partial charge in [-0.05, 0) is 24.3 Å². The van der Waals surface area contributed by atoms with Crippen LogP contribution in [0.3, 0.4) is 0 Å². The molecule has 0 fully saturated rings. The summed E-state index contributed by atoms with van der Waals surface area (Å²) in [7, 11) is 1.48. The predicted molar refractivity (Wildman–Crippen MR) is 73.9 cm³/mol. The highest BCUT2D eigenvalue weighted by Crippen LogP contribution is 2.23. The molecular weight excluding hydrogens is 258 g/mol. The monoisotopic (exact) mass is 273 g/mol. The van der Waals surface area contributed by atoms with Crippen LogP contribution in [0.1, 0.15) is 15.9 Å². The van der Waals surface area contributed by atoms with E-state index in [1.165, 1.54) is 19.2 Å². The number of amides is 1. The predicted octanol–water partition coefficient (Wildman–Crippen LogP) is 2.04. The number of hydrogen-bond donors (Lipinski definition) is 3. The normalized spacial score (nSPS) is 10.1. The third-order valence-electron chi connectivity index (χ3n) is 2.88. The van der Waals surface area contributed by atoms with Crippen LogP contribution in [-0.4, -0.2) is 23.2 Å². The number of nitrogens with one attached hydrogen (secondary N) is 1. The molecule has 5 heteroatoms. The number of hydrogen-bond acceptors (Lipinski definition) is 4. The van der Waals surface area contributed by atoms with Crippen molar-refractivity contribution in [2.45, 2.75) is 6.54 Å². The highest BCUT2D eigenvalue weighted by molar-refractivity contribution is 5.97. The average Bonchev–Trinajstić information content (AvgIpc) is 2.46. The summed E-state index contributed by atoms with van der Waals surface area (Å²) in [5, 5.41) is 21.9. The number of para-hydroxylation sites is 1. The summed E-state index contributed by atoms with van der Waals surface area (Å²) in [4.78, 5) is 12.0. The lowest BCUT2D eigenvalue weighted by Crippen LogP contribution is -2.22. The van der Waals surface area contributed by atoms with Crippen LogP contribution in [0.4, 0.5) is 0 Å². The van der Waals surface area contributed by atoms with Crippen molar-refractivity contribution < 1.29 is 19.7 Å². The first-order valence-electron chi connectivity index (χ1n) is 6.04. The Bertz CT molecular complexity index is 625. The summed E-state index contributed by atoms with van der Waals surface area (Å²) >= 11 is 0. The zero-order chi connectivity index (χ0) is 14.5. The van der Waals surface area contributed by atoms with Gasteiger partial charge in [-0.1, -0.05) is 18.2 Å². The van der Waals surface area contributed by atoms with Crippen LogP contribution in [0.2, 0.25) is 0 Å². The lowest BCUT2D eigenvalue weighted by molar-refractivity contribution is 0.0947. The maximum atomic E-state index is 12.0. The first-order valence-corrected chi connectivity index (χ1v) is 6.04. The topological polar surface area (TPSA) is 78.8 Å². The van der Waals surface area contributed by atoms with Gasteiger partial charge >= 0.3 is 0 Å². The number of rotatable bonds is 4. The summed E-state index contributed by atoms with van der Waals surface area (Å²) in [6, 6.07) is 11.1. The van der Waals surface area contributed by atoms with Gasteiger partial charge in [0.05, 0.1) is 12.7 Å². The van der Waals surface area contributed by atoms with Gasteiger partial charge in [-0.3, -0.25) is 4.79 Å². The number of ether oxygens (including phenoxy) is 1. The highest BCUT2D eigenvalue weighted by Gasteiger charge is 2.12. The minimum absolute atomic E-state index is 0.114. The van der Waals surface area contributed by atoms with Crippen molar-refractivity contribution in [3.05, 3.63) is 53.6 Å². The van der Waals surface area contributed by atoms with Crippen LogP contribution in [0.15, 0.2) is 42.5 Å². The Labute approximate surface area is 116 Å². The van der Waals surface area contributed by atoms with E-state index in [0.29, 0.717) is 11.3 Å². The van der Waals surface area contributed by atoms with Gasteiger partial charge in [0, 0.05) is 12.1 Å². The largest absolute Gasteiger partial charge is 0.508 e. The van der Waals surface area contributed by atoms with Gasteiger partial charge in [0.2, 0.25) is 0 Å². The lowest BCUT2D eigenvalue weighted by atomic mass is 10.1. The molecule has 0 aliphatic heterocycles. The van der Waals surface area contributed by atoms with Gasteiger partial charge in [0.15, 0.2) is 0 Å². The Morgan fingerprint density at radius 3 is 2.60 bits per heavy atom. The summed E-state index contributed by atoms with van der Waals surface area (Å²) < 4.78 is 5.01. The van der Waals surface area contributed by atoms with Crippen molar-refractivity contribution in [3.63, 3.8) is 0 Å². The third kappa shape index (κ3) is 3.00. The molecule has 3 N–H and O–H groups in total. The number of benzene rings is 2. The van der Waals surface area contributed by atoms with Gasteiger partial charge < -0.3 is 20.3 Å². The summed E-state index contributed by atoms with van der Waals surface area (Å²) in [5.74, 6) is 0.0309. The molecule has 2 rings (SSSR count). The van der Waals surface area contributed by atoms with E-state index in [-0.39, 0.29) is 23.6 Å². The molecule has 0 heterocycles. The van der Waals surface area contributed by atoms with E-state index in [2.05, 4.69) is 5.32 Å². The zero-order valence-corrected chi connectivity index (χ0v) is 11.0. The molecule has 0 atom stereocenters. The second-order valence-corrected chi connectivity index (χ2v) is 4.19. The smallest absolute Gasteiger partial charge is 0.255 e. The standard InChI is InChI=1S/C15H15NO4/c1-20-11-6-7-14(18)12(8-11)15(19)16-9-10-4-2-3-5-13(10)17/h2-8,17-18H,9H2,1H3,(H,16,19). The second kappa shape index (κ2) is 5.97. The minimum atomic E-state index is -0.440. The maximum absolute atomic E-state index is 12.0. The van der Waals surface area contributed by atoms with Gasteiger partial charge in [-0.25, -0.2) is 0 Å². The SMILES string of the molecule is COc1ccc(O)c(C(=O)NCc2ccccc2O)c1. The van der Waals surface area contributed by atoms with Crippen molar-refractivity contribution in [2.75, 3.05) is 7.11 Å². The first-order chi connectivity index (χ1) is 9.61. The van der Waals surface area contributed by atoms with E-state index >= 15 is 0 Å². The van der Waals surface area contributed by atoms with Crippen molar-refractivity contribution in [2.24, 2.45) is 0 Å². The Kier molecular flexibility index (Phi) is 4.10. The fourth-order valence-electron chi connectivity index (χ4n) is 1.76. The van der Waals surface area contributed by atoms with Crippen molar-refractivity contribution in [1.29, 1.82) is 0 Å². The van der Waals surface area contributed by atoms with E-state index in [9.17, 15) is 15.0 Å². The fourth-order valence-corrected chi connectivity index (χ4v) is 1.76. The number of phenols is 2. The van der Waals surface area contributed by atoms with Crippen LogP contribution < -0.4 is 10.1 Å². The van der Waals surface area contributed by atoms with Crippen LogP contribution in [0, 0.1) is 0 Å². The molecule has 0 saturated carbocycles. The molecule has 0 unspecified atom stereocenters. The van der Waals surface area contributed by atoms with Crippen molar-refractivity contribution >= 4 is 5.91 Å². The molecule has 0 radical (unpaired) electrons. The molecule has 0 aromatic heterocycles.